The molecule has 0 N–H and O–H groups in total. The summed E-state index contributed by atoms with van der Waals surface area (Å²) in [6.07, 6.45) is 1.38. The lowest BCUT2D eigenvalue weighted by atomic mass is 9.71. The molecule has 1 spiro atoms. The molecular formula is C20H24F2N2O4. The summed E-state index contributed by atoms with van der Waals surface area (Å²) in [6, 6.07) is 2.82. The highest BCUT2D eigenvalue weighted by Gasteiger charge is 2.52. The molecule has 3 aliphatic rings. The van der Waals surface area contributed by atoms with Gasteiger partial charge in [0.1, 0.15) is 11.6 Å². The van der Waals surface area contributed by atoms with Crippen molar-refractivity contribution in [1.29, 1.82) is 0 Å². The molecule has 3 fully saturated rings. The fourth-order valence-electron chi connectivity index (χ4n) is 4.61. The molecule has 0 unspecified atom stereocenters. The van der Waals surface area contributed by atoms with E-state index in [4.69, 9.17) is 9.47 Å². The van der Waals surface area contributed by atoms with Crippen LogP contribution < -0.4 is 0 Å². The van der Waals surface area contributed by atoms with Crippen molar-refractivity contribution in [2.45, 2.75) is 12.8 Å². The van der Waals surface area contributed by atoms with E-state index in [0.29, 0.717) is 58.9 Å². The average molecular weight is 394 g/mol. The van der Waals surface area contributed by atoms with Gasteiger partial charge >= 0.3 is 0 Å². The second kappa shape index (κ2) is 7.75. The Balaban J connectivity index is 1.58. The minimum Gasteiger partial charge on any atom is -0.381 e. The van der Waals surface area contributed by atoms with Crippen molar-refractivity contribution in [3.8, 4) is 0 Å². The molecule has 3 heterocycles. The molecule has 8 heteroatoms. The van der Waals surface area contributed by atoms with Crippen LogP contribution in [-0.4, -0.2) is 74.2 Å². The minimum absolute atomic E-state index is 0.0285. The zero-order valence-corrected chi connectivity index (χ0v) is 15.7. The highest BCUT2D eigenvalue weighted by molar-refractivity contribution is 5.95. The zero-order chi connectivity index (χ0) is 19.7. The summed E-state index contributed by atoms with van der Waals surface area (Å²) >= 11 is 0. The van der Waals surface area contributed by atoms with Gasteiger partial charge in [0.2, 0.25) is 5.91 Å². The number of morpholine rings is 1. The van der Waals surface area contributed by atoms with Crippen LogP contribution in [0.2, 0.25) is 0 Å². The van der Waals surface area contributed by atoms with Crippen LogP contribution in [0, 0.1) is 23.0 Å². The van der Waals surface area contributed by atoms with Crippen LogP contribution in [0.5, 0.6) is 0 Å². The van der Waals surface area contributed by atoms with Crippen LogP contribution in [-0.2, 0) is 14.3 Å². The van der Waals surface area contributed by atoms with Gasteiger partial charge in [-0.3, -0.25) is 9.59 Å². The highest BCUT2D eigenvalue weighted by atomic mass is 19.1. The van der Waals surface area contributed by atoms with Crippen LogP contribution in [0.4, 0.5) is 8.78 Å². The number of nitrogens with zero attached hydrogens (tertiary/aromatic N) is 2. The van der Waals surface area contributed by atoms with E-state index in [0.717, 1.165) is 18.2 Å². The van der Waals surface area contributed by atoms with Crippen LogP contribution in [0.1, 0.15) is 23.2 Å². The molecule has 1 aromatic rings. The Morgan fingerprint density at radius 2 is 1.54 bits per heavy atom. The van der Waals surface area contributed by atoms with Gasteiger partial charge < -0.3 is 19.3 Å². The second-order valence-corrected chi connectivity index (χ2v) is 7.81. The molecule has 0 saturated carbocycles. The van der Waals surface area contributed by atoms with Gasteiger partial charge in [-0.05, 0) is 25.0 Å². The lowest BCUT2D eigenvalue weighted by molar-refractivity contribution is -0.144. The maximum absolute atomic E-state index is 13.6. The lowest BCUT2D eigenvalue weighted by Crippen LogP contribution is -2.49. The van der Waals surface area contributed by atoms with Gasteiger partial charge in [0.05, 0.1) is 19.1 Å². The first-order valence-electron chi connectivity index (χ1n) is 9.68. The molecule has 28 heavy (non-hydrogen) atoms. The SMILES string of the molecule is O=C(c1cc(F)cc(F)c1)N1C[C@H](C(=O)N2CCOCC2)C2(CCOCC2)C1. The molecule has 0 aliphatic carbocycles. The smallest absolute Gasteiger partial charge is 0.254 e. The van der Waals surface area contributed by atoms with E-state index >= 15 is 0 Å². The Morgan fingerprint density at radius 1 is 0.929 bits per heavy atom. The average Bonchev–Trinajstić information content (AvgIpc) is 3.05. The molecule has 0 aromatic heterocycles. The number of halogens is 2. The first-order valence-corrected chi connectivity index (χ1v) is 9.68. The van der Waals surface area contributed by atoms with Crippen molar-refractivity contribution in [2.75, 3.05) is 52.6 Å². The maximum Gasteiger partial charge on any atom is 0.254 e. The summed E-state index contributed by atoms with van der Waals surface area (Å²) in [5.41, 5.74) is -0.381. The van der Waals surface area contributed by atoms with Crippen LogP contribution in [0.15, 0.2) is 18.2 Å². The Labute approximate surface area is 162 Å². The topological polar surface area (TPSA) is 59.1 Å². The first kappa shape index (κ1) is 19.3. The maximum atomic E-state index is 13.6. The zero-order valence-electron chi connectivity index (χ0n) is 15.7. The number of benzene rings is 1. The van der Waals surface area contributed by atoms with E-state index in [2.05, 4.69) is 0 Å². The van der Waals surface area contributed by atoms with Crippen LogP contribution in [0.3, 0.4) is 0 Å². The van der Waals surface area contributed by atoms with Crippen LogP contribution in [0.25, 0.3) is 0 Å². The molecule has 4 rings (SSSR count). The van der Waals surface area contributed by atoms with Crippen molar-refractivity contribution in [3.63, 3.8) is 0 Å². The first-order chi connectivity index (χ1) is 13.5. The van der Waals surface area contributed by atoms with Gasteiger partial charge in [-0.1, -0.05) is 0 Å². The number of hydrogen-bond acceptors (Lipinski definition) is 4. The van der Waals surface area contributed by atoms with Gasteiger partial charge in [-0.25, -0.2) is 8.78 Å². The number of carbonyl (C=O) groups is 2. The normalized spacial score (nSPS) is 24.6. The van der Waals surface area contributed by atoms with Gasteiger partial charge in [0.15, 0.2) is 0 Å². The third-order valence-electron chi connectivity index (χ3n) is 6.15. The van der Waals surface area contributed by atoms with E-state index in [1.54, 1.807) is 9.80 Å². The van der Waals surface area contributed by atoms with E-state index in [-0.39, 0.29) is 29.3 Å². The minimum atomic E-state index is -0.788. The van der Waals surface area contributed by atoms with Gasteiger partial charge in [0.25, 0.3) is 5.91 Å². The number of carbonyl (C=O) groups excluding carboxylic acids is 2. The molecule has 3 aliphatic heterocycles. The molecule has 0 radical (unpaired) electrons. The quantitative estimate of drug-likeness (QED) is 0.766. The Hall–Kier alpha value is -2.06. The van der Waals surface area contributed by atoms with Crippen molar-refractivity contribution in [2.24, 2.45) is 11.3 Å². The molecule has 1 aromatic carbocycles. The highest BCUT2D eigenvalue weighted by Crippen LogP contribution is 2.45. The summed E-state index contributed by atoms with van der Waals surface area (Å²) < 4.78 is 38.0. The van der Waals surface area contributed by atoms with Crippen molar-refractivity contribution < 1.29 is 27.8 Å². The predicted molar refractivity (Wildman–Crippen MR) is 95.6 cm³/mol. The summed E-state index contributed by atoms with van der Waals surface area (Å²) in [7, 11) is 0. The Bertz CT molecular complexity index is 740. The number of likely N-dealkylation sites (tertiary alicyclic amines) is 1. The number of amides is 2. The third-order valence-corrected chi connectivity index (χ3v) is 6.15. The molecule has 3 saturated heterocycles. The van der Waals surface area contributed by atoms with Crippen molar-refractivity contribution in [1.82, 2.24) is 9.80 Å². The predicted octanol–water partition coefficient (Wildman–Crippen LogP) is 1.69. The summed E-state index contributed by atoms with van der Waals surface area (Å²) in [6.45, 7) is 3.86. The molecule has 2 amide bonds. The Morgan fingerprint density at radius 3 is 2.18 bits per heavy atom. The largest absolute Gasteiger partial charge is 0.381 e. The van der Waals surface area contributed by atoms with E-state index in [9.17, 15) is 18.4 Å². The Kier molecular flexibility index (Phi) is 5.33. The summed E-state index contributed by atoms with van der Waals surface area (Å²) in [5.74, 6) is -2.32. The summed E-state index contributed by atoms with van der Waals surface area (Å²) in [4.78, 5) is 29.6. The number of ether oxygens (including phenoxy) is 2. The van der Waals surface area contributed by atoms with E-state index in [1.165, 1.54) is 0 Å². The fraction of sp³-hybridized carbons (Fsp3) is 0.600. The monoisotopic (exact) mass is 394 g/mol. The number of rotatable bonds is 2. The molecule has 0 bridgehead atoms. The lowest BCUT2D eigenvalue weighted by Gasteiger charge is -2.39. The van der Waals surface area contributed by atoms with E-state index < -0.39 is 17.5 Å². The molecule has 6 nitrogen and oxygen atoms in total. The third kappa shape index (κ3) is 3.63. The van der Waals surface area contributed by atoms with E-state index in [1.807, 2.05) is 0 Å². The number of hydrogen-bond donors (Lipinski definition) is 0. The van der Waals surface area contributed by atoms with Crippen LogP contribution >= 0.6 is 0 Å². The molecule has 1 atom stereocenters. The van der Waals surface area contributed by atoms with Gasteiger partial charge in [0, 0.05) is 56.4 Å². The fourth-order valence-corrected chi connectivity index (χ4v) is 4.61. The summed E-state index contributed by atoms with van der Waals surface area (Å²) in [5, 5.41) is 0. The van der Waals surface area contributed by atoms with Gasteiger partial charge in [-0.2, -0.15) is 0 Å². The standard InChI is InChI=1S/C20H24F2N2O4/c21-15-9-14(10-16(22)11-15)18(25)24-12-17(19(26)23-3-7-28-8-4-23)20(13-24)1-5-27-6-2-20/h9-11,17H,1-8,12-13H2/t17-/m1/s1. The molecule has 152 valence electrons. The second-order valence-electron chi connectivity index (χ2n) is 7.81. The molecular weight excluding hydrogens is 370 g/mol. The van der Waals surface area contributed by atoms with Gasteiger partial charge in [-0.15, -0.1) is 0 Å². The van der Waals surface area contributed by atoms with Crippen molar-refractivity contribution in [3.05, 3.63) is 35.4 Å². The van der Waals surface area contributed by atoms with Crippen molar-refractivity contribution >= 4 is 11.8 Å².